The second-order valence-corrected chi connectivity index (χ2v) is 4.96. The normalized spacial score (nSPS) is 10.7. The molecule has 0 aliphatic heterocycles. The van der Waals surface area contributed by atoms with Crippen molar-refractivity contribution in [2.45, 2.75) is 20.0 Å². The minimum atomic E-state index is 0.491. The van der Waals surface area contributed by atoms with Crippen LogP contribution in [0.15, 0.2) is 54.7 Å². The smallest absolute Gasteiger partial charge is 0.122 e. The van der Waals surface area contributed by atoms with Crippen molar-refractivity contribution in [3.63, 3.8) is 0 Å². The Morgan fingerprint density at radius 3 is 2.71 bits per heavy atom. The summed E-state index contributed by atoms with van der Waals surface area (Å²) in [6.45, 7) is 2.62. The van der Waals surface area contributed by atoms with Gasteiger partial charge in [-0.25, -0.2) is 0 Å². The molecule has 0 atom stereocenters. The summed E-state index contributed by atoms with van der Waals surface area (Å²) in [6.07, 6.45) is 2.74. The van der Waals surface area contributed by atoms with Crippen molar-refractivity contribution >= 4 is 16.6 Å². The van der Waals surface area contributed by atoms with Gasteiger partial charge in [-0.05, 0) is 36.2 Å². The van der Waals surface area contributed by atoms with E-state index in [9.17, 15) is 0 Å². The number of anilines is 1. The molecule has 0 unspecified atom stereocenters. The minimum absolute atomic E-state index is 0.491. The molecule has 0 spiro atoms. The zero-order valence-electron chi connectivity index (χ0n) is 12.0. The van der Waals surface area contributed by atoms with Crippen LogP contribution < -0.4 is 10.5 Å². The van der Waals surface area contributed by atoms with Gasteiger partial charge < -0.3 is 10.5 Å². The van der Waals surface area contributed by atoms with Crippen molar-refractivity contribution in [2.75, 3.05) is 5.73 Å². The molecule has 3 rings (SSSR count). The van der Waals surface area contributed by atoms with Gasteiger partial charge in [0.25, 0.3) is 0 Å². The van der Waals surface area contributed by atoms with Gasteiger partial charge in [-0.15, -0.1) is 0 Å². The Balaban J connectivity index is 1.91. The number of hydrogen-bond donors (Lipinski definition) is 1. The molecular weight excluding hydrogens is 260 g/mol. The molecule has 106 valence electrons. The summed E-state index contributed by atoms with van der Waals surface area (Å²) in [5.41, 5.74) is 9.91. The number of ether oxygens (including phenoxy) is 1. The van der Waals surface area contributed by atoms with Crippen LogP contribution in [0.1, 0.15) is 18.1 Å². The molecular formula is C18H18N2O. The summed E-state index contributed by atoms with van der Waals surface area (Å²) in [5, 5.41) is 0.974. The highest BCUT2D eigenvalue weighted by Gasteiger charge is 2.07. The molecule has 3 heteroatoms. The largest absolute Gasteiger partial charge is 0.489 e. The van der Waals surface area contributed by atoms with E-state index in [1.54, 1.807) is 6.20 Å². The Bertz CT molecular complexity index is 768. The van der Waals surface area contributed by atoms with Crippen molar-refractivity contribution in [2.24, 2.45) is 0 Å². The Kier molecular flexibility index (Phi) is 3.73. The van der Waals surface area contributed by atoms with Gasteiger partial charge >= 0.3 is 0 Å². The quantitative estimate of drug-likeness (QED) is 0.735. The molecule has 0 saturated heterocycles. The lowest BCUT2D eigenvalue weighted by atomic mass is 10.1. The van der Waals surface area contributed by atoms with Gasteiger partial charge in [0, 0.05) is 22.8 Å². The molecule has 21 heavy (non-hydrogen) atoms. The predicted octanol–water partition coefficient (Wildman–Crippen LogP) is 3.96. The second-order valence-electron chi connectivity index (χ2n) is 4.96. The van der Waals surface area contributed by atoms with Crippen LogP contribution in [-0.2, 0) is 13.0 Å². The maximum Gasteiger partial charge on any atom is 0.122 e. The number of benzene rings is 2. The number of para-hydroxylation sites is 1. The van der Waals surface area contributed by atoms with E-state index < -0.39 is 0 Å². The predicted molar refractivity (Wildman–Crippen MR) is 86.3 cm³/mol. The van der Waals surface area contributed by atoms with Gasteiger partial charge in [-0.2, -0.15) is 0 Å². The monoisotopic (exact) mass is 278 g/mol. The van der Waals surface area contributed by atoms with E-state index in [-0.39, 0.29) is 0 Å². The van der Waals surface area contributed by atoms with Crippen LogP contribution in [0.5, 0.6) is 5.75 Å². The Hall–Kier alpha value is -2.55. The molecule has 1 aromatic heterocycles. The Labute approximate surface area is 124 Å². The van der Waals surface area contributed by atoms with Crippen molar-refractivity contribution in [1.29, 1.82) is 0 Å². The van der Waals surface area contributed by atoms with Crippen LogP contribution in [0, 0.1) is 0 Å². The summed E-state index contributed by atoms with van der Waals surface area (Å²) in [4.78, 5) is 4.44. The number of pyridine rings is 1. The second kappa shape index (κ2) is 5.83. The van der Waals surface area contributed by atoms with Gasteiger partial charge in [0.2, 0.25) is 0 Å². The highest BCUT2D eigenvalue weighted by molar-refractivity contribution is 5.92. The van der Waals surface area contributed by atoms with Crippen LogP contribution in [0.2, 0.25) is 0 Å². The maximum absolute atomic E-state index is 6.00. The lowest BCUT2D eigenvalue weighted by molar-refractivity contribution is 0.304. The fourth-order valence-electron chi connectivity index (χ4n) is 2.46. The average molecular weight is 278 g/mol. The molecule has 3 aromatic rings. The SMILES string of the molecule is CCc1ccccc1OCc1ccc(N)c2cccnc12. The van der Waals surface area contributed by atoms with Crippen LogP contribution >= 0.6 is 0 Å². The number of rotatable bonds is 4. The fraction of sp³-hybridized carbons (Fsp3) is 0.167. The van der Waals surface area contributed by atoms with Gasteiger partial charge in [0.1, 0.15) is 12.4 Å². The molecule has 0 amide bonds. The highest BCUT2D eigenvalue weighted by atomic mass is 16.5. The van der Waals surface area contributed by atoms with E-state index >= 15 is 0 Å². The van der Waals surface area contributed by atoms with Crippen LogP contribution in [-0.4, -0.2) is 4.98 Å². The van der Waals surface area contributed by atoms with E-state index in [1.807, 2.05) is 42.5 Å². The number of hydrogen-bond acceptors (Lipinski definition) is 3. The maximum atomic E-state index is 6.00. The molecule has 0 aliphatic rings. The number of fused-ring (bicyclic) bond motifs is 1. The molecule has 2 N–H and O–H groups in total. The number of nitrogens with zero attached hydrogens (tertiary/aromatic N) is 1. The zero-order chi connectivity index (χ0) is 14.7. The first-order valence-corrected chi connectivity index (χ1v) is 7.12. The molecule has 0 radical (unpaired) electrons. The first kappa shape index (κ1) is 13.4. The van der Waals surface area contributed by atoms with Crippen molar-refractivity contribution in [1.82, 2.24) is 4.98 Å². The number of aryl methyl sites for hydroxylation is 1. The molecule has 1 heterocycles. The summed E-state index contributed by atoms with van der Waals surface area (Å²) < 4.78 is 5.98. The summed E-state index contributed by atoms with van der Waals surface area (Å²) in [6, 6.07) is 15.9. The van der Waals surface area contributed by atoms with Crippen LogP contribution in [0.25, 0.3) is 10.9 Å². The van der Waals surface area contributed by atoms with E-state index in [2.05, 4.69) is 18.0 Å². The average Bonchev–Trinajstić information content (AvgIpc) is 2.55. The molecule has 2 aromatic carbocycles. The third-order valence-electron chi connectivity index (χ3n) is 3.62. The van der Waals surface area contributed by atoms with E-state index in [1.165, 1.54) is 5.56 Å². The molecule has 0 saturated carbocycles. The lowest BCUT2D eigenvalue weighted by Gasteiger charge is -2.12. The van der Waals surface area contributed by atoms with Crippen molar-refractivity contribution in [3.8, 4) is 5.75 Å². The lowest BCUT2D eigenvalue weighted by Crippen LogP contribution is -2.01. The number of aromatic nitrogens is 1. The molecule has 3 nitrogen and oxygen atoms in total. The fourth-order valence-corrected chi connectivity index (χ4v) is 2.46. The number of nitrogen functional groups attached to an aromatic ring is 1. The third kappa shape index (κ3) is 2.68. The number of nitrogens with two attached hydrogens (primary N) is 1. The van der Waals surface area contributed by atoms with Gasteiger partial charge in [0.05, 0.1) is 5.52 Å². The highest BCUT2D eigenvalue weighted by Crippen LogP contribution is 2.25. The van der Waals surface area contributed by atoms with Crippen LogP contribution in [0.3, 0.4) is 0 Å². The molecule has 0 fully saturated rings. The van der Waals surface area contributed by atoms with E-state index in [0.29, 0.717) is 6.61 Å². The third-order valence-corrected chi connectivity index (χ3v) is 3.62. The first-order chi connectivity index (χ1) is 10.3. The minimum Gasteiger partial charge on any atom is -0.489 e. The topological polar surface area (TPSA) is 48.1 Å². The summed E-state index contributed by atoms with van der Waals surface area (Å²) in [7, 11) is 0. The van der Waals surface area contributed by atoms with Crippen molar-refractivity contribution in [3.05, 3.63) is 65.9 Å². The van der Waals surface area contributed by atoms with Gasteiger partial charge in [-0.1, -0.05) is 31.2 Å². The molecule has 0 aliphatic carbocycles. The van der Waals surface area contributed by atoms with Crippen LogP contribution in [0.4, 0.5) is 5.69 Å². The standard InChI is InChI=1S/C18H18N2O/c1-2-13-6-3-4-8-17(13)21-12-14-9-10-16(19)15-7-5-11-20-18(14)15/h3-11H,2,12,19H2,1H3. The van der Waals surface area contributed by atoms with Gasteiger partial charge in [0.15, 0.2) is 0 Å². The Morgan fingerprint density at radius 1 is 1.00 bits per heavy atom. The van der Waals surface area contributed by atoms with E-state index in [0.717, 1.165) is 34.3 Å². The summed E-state index contributed by atoms with van der Waals surface area (Å²) in [5.74, 6) is 0.931. The first-order valence-electron chi connectivity index (χ1n) is 7.12. The summed E-state index contributed by atoms with van der Waals surface area (Å²) >= 11 is 0. The van der Waals surface area contributed by atoms with E-state index in [4.69, 9.17) is 10.5 Å². The van der Waals surface area contributed by atoms with Crippen molar-refractivity contribution < 1.29 is 4.74 Å². The zero-order valence-corrected chi connectivity index (χ0v) is 12.0. The Morgan fingerprint density at radius 2 is 1.86 bits per heavy atom. The van der Waals surface area contributed by atoms with Gasteiger partial charge in [-0.3, -0.25) is 4.98 Å². The molecule has 0 bridgehead atoms.